The number of carbonyl (C=O) groups excluding carboxylic acids is 1. The van der Waals surface area contributed by atoms with Crippen molar-refractivity contribution < 1.29 is 14.3 Å². The fraction of sp³-hybridized carbons (Fsp3) is 0.500. The predicted molar refractivity (Wildman–Crippen MR) is 119 cm³/mol. The number of allylic oxidation sites excluding steroid dienone is 1. The lowest BCUT2D eigenvalue weighted by Crippen LogP contribution is -2.31. The van der Waals surface area contributed by atoms with Gasteiger partial charge in [-0.25, -0.2) is 9.48 Å². The number of para-hydroxylation sites is 1. The summed E-state index contributed by atoms with van der Waals surface area (Å²) in [5, 5.41) is 8.59. The van der Waals surface area contributed by atoms with Gasteiger partial charge in [0.2, 0.25) is 11.1 Å². The lowest BCUT2D eigenvalue weighted by atomic mass is 9.95. The molecule has 0 aliphatic carbocycles. The van der Waals surface area contributed by atoms with E-state index in [2.05, 4.69) is 24.1 Å². The molecule has 1 aromatic carbocycles. The van der Waals surface area contributed by atoms with E-state index in [0.29, 0.717) is 29.0 Å². The number of carbonyl (C=O) groups is 1. The predicted octanol–water partition coefficient (Wildman–Crippen LogP) is 4.81. The molecule has 1 aliphatic heterocycles. The fourth-order valence-electron chi connectivity index (χ4n) is 3.32. The summed E-state index contributed by atoms with van der Waals surface area (Å²) in [6.45, 7) is 10.4. The maximum absolute atomic E-state index is 13.1. The minimum Gasteiger partial charge on any atom is -0.493 e. The SMILES string of the molecule is CCCCOc1ccccc1C1C(C(=O)OC(C)C)=C(C)Nc2nc(SCC)nn21. The van der Waals surface area contributed by atoms with Gasteiger partial charge in [-0.3, -0.25) is 0 Å². The minimum atomic E-state index is -0.482. The second kappa shape index (κ2) is 10.0. The van der Waals surface area contributed by atoms with E-state index in [9.17, 15) is 4.79 Å². The molecule has 7 nitrogen and oxygen atoms in total. The highest BCUT2D eigenvalue weighted by atomic mass is 32.2. The number of thioether (sulfide) groups is 1. The number of benzene rings is 1. The Morgan fingerprint density at radius 1 is 1.30 bits per heavy atom. The van der Waals surface area contributed by atoms with Crippen LogP contribution < -0.4 is 10.1 Å². The van der Waals surface area contributed by atoms with E-state index in [0.717, 1.165) is 29.9 Å². The normalized spacial score (nSPS) is 15.7. The summed E-state index contributed by atoms with van der Waals surface area (Å²) < 4.78 is 13.4. The lowest BCUT2D eigenvalue weighted by Gasteiger charge is -2.29. The average Bonchev–Trinajstić information content (AvgIpc) is 3.09. The van der Waals surface area contributed by atoms with Crippen molar-refractivity contribution in [3.05, 3.63) is 41.1 Å². The minimum absolute atomic E-state index is 0.224. The Kier molecular flexibility index (Phi) is 7.42. The van der Waals surface area contributed by atoms with E-state index < -0.39 is 6.04 Å². The molecule has 0 radical (unpaired) electrons. The summed E-state index contributed by atoms with van der Waals surface area (Å²) in [4.78, 5) is 17.7. The number of ether oxygens (including phenoxy) is 2. The molecule has 2 heterocycles. The van der Waals surface area contributed by atoms with Gasteiger partial charge in [-0.2, -0.15) is 4.98 Å². The van der Waals surface area contributed by atoms with Gasteiger partial charge in [0.05, 0.1) is 18.3 Å². The first-order chi connectivity index (χ1) is 14.5. The summed E-state index contributed by atoms with van der Waals surface area (Å²) >= 11 is 1.56. The molecule has 1 N–H and O–H groups in total. The Balaban J connectivity index is 2.11. The van der Waals surface area contributed by atoms with Crippen molar-refractivity contribution in [1.82, 2.24) is 14.8 Å². The lowest BCUT2D eigenvalue weighted by molar-refractivity contribution is -0.143. The standard InChI is InChI=1S/C22H30N4O3S/c1-6-8-13-28-17-12-10-9-11-16(17)19-18(20(27)29-14(3)4)15(5)23-21-24-22(30-7-2)25-26(19)21/h9-12,14,19H,6-8,13H2,1-5H3,(H,23,24,25). The number of nitrogens with zero attached hydrogens (tertiary/aromatic N) is 3. The van der Waals surface area contributed by atoms with Crippen molar-refractivity contribution in [3.63, 3.8) is 0 Å². The highest BCUT2D eigenvalue weighted by Gasteiger charge is 2.37. The van der Waals surface area contributed by atoms with Gasteiger partial charge in [0, 0.05) is 11.3 Å². The first-order valence-corrected chi connectivity index (χ1v) is 11.4. The maximum atomic E-state index is 13.1. The largest absolute Gasteiger partial charge is 0.493 e. The zero-order valence-electron chi connectivity index (χ0n) is 18.3. The van der Waals surface area contributed by atoms with Crippen LogP contribution in [0, 0.1) is 0 Å². The Bertz CT molecular complexity index is 923. The summed E-state index contributed by atoms with van der Waals surface area (Å²) in [6.07, 6.45) is 1.78. The number of hydrogen-bond acceptors (Lipinski definition) is 7. The van der Waals surface area contributed by atoms with Crippen LogP contribution in [0.3, 0.4) is 0 Å². The van der Waals surface area contributed by atoms with Crippen molar-refractivity contribution in [2.75, 3.05) is 17.7 Å². The molecule has 0 bridgehead atoms. The van der Waals surface area contributed by atoms with Crippen molar-refractivity contribution in [2.24, 2.45) is 0 Å². The van der Waals surface area contributed by atoms with Crippen molar-refractivity contribution in [1.29, 1.82) is 0 Å². The van der Waals surface area contributed by atoms with Gasteiger partial charge in [0.1, 0.15) is 11.8 Å². The van der Waals surface area contributed by atoms with E-state index in [1.165, 1.54) is 0 Å². The molecule has 2 aromatic rings. The summed E-state index contributed by atoms with van der Waals surface area (Å²) in [5.74, 6) is 1.85. The Hall–Kier alpha value is -2.48. The van der Waals surface area contributed by atoms with Crippen LogP contribution in [0.5, 0.6) is 5.75 Å². The van der Waals surface area contributed by atoms with Gasteiger partial charge in [0.15, 0.2) is 0 Å². The van der Waals surface area contributed by atoms with E-state index in [-0.39, 0.29) is 12.1 Å². The number of unbranched alkanes of at least 4 members (excludes halogenated alkanes) is 1. The zero-order valence-corrected chi connectivity index (χ0v) is 19.1. The van der Waals surface area contributed by atoms with Gasteiger partial charge < -0.3 is 14.8 Å². The molecule has 0 spiro atoms. The van der Waals surface area contributed by atoms with Gasteiger partial charge in [-0.05, 0) is 39.0 Å². The second-order valence-corrected chi connectivity index (χ2v) is 8.59. The highest BCUT2D eigenvalue weighted by Crippen LogP contribution is 2.40. The molecule has 1 unspecified atom stereocenters. The van der Waals surface area contributed by atoms with Gasteiger partial charge >= 0.3 is 5.97 Å². The van der Waals surface area contributed by atoms with Gasteiger partial charge in [-0.15, -0.1) is 5.10 Å². The molecular formula is C22H30N4O3S. The van der Waals surface area contributed by atoms with E-state index >= 15 is 0 Å². The Morgan fingerprint density at radius 3 is 2.77 bits per heavy atom. The van der Waals surface area contributed by atoms with Crippen molar-refractivity contribution in [2.45, 2.75) is 64.8 Å². The third-order valence-corrected chi connectivity index (χ3v) is 5.36. The van der Waals surface area contributed by atoms with Crippen LogP contribution >= 0.6 is 11.8 Å². The number of fused-ring (bicyclic) bond motifs is 1. The molecule has 1 aliphatic rings. The number of rotatable bonds is 9. The fourth-order valence-corrected chi connectivity index (χ4v) is 3.87. The van der Waals surface area contributed by atoms with Crippen LogP contribution in [0.15, 0.2) is 40.7 Å². The quantitative estimate of drug-likeness (QED) is 0.347. The Morgan fingerprint density at radius 2 is 2.07 bits per heavy atom. The first kappa shape index (κ1) is 22.2. The van der Waals surface area contributed by atoms with Crippen molar-refractivity contribution >= 4 is 23.7 Å². The number of hydrogen-bond donors (Lipinski definition) is 1. The van der Waals surface area contributed by atoms with Crippen LogP contribution in [0.2, 0.25) is 0 Å². The highest BCUT2D eigenvalue weighted by molar-refractivity contribution is 7.99. The first-order valence-electron chi connectivity index (χ1n) is 10.5. The number of anilines is 1. The molecule has 1 aromatic heterocycles. The Labute approximate surface area is 182 Å². The smallest absolute Gasteiger partial charge is 0.338 e. The van der Waals surface area contributed by atoms with Crippen molar-refractivity contribution in [3.8, 4) is 5.75 Å². The number of aromatic nitrogens is 3. The monoisotopic (exact) mass is 430 g/mol. The molecule has 0 saturated heterocycles. The van der Waals surface area contributed by atoms with E-state index in [4.69, 9.17) is 14.6 Å². The average molecular weight is 431 g/mol. The molecule has 8 heteroatoms. The summed E-state index contributed by atoms with van der Waals surface area (Å²) in [6, 6.07) is 7.32. The van der Waals surface area contributed by atoms with Crippen LogP contribution in [-0.4, -0.2) is 39.2 Å². The molecule has 30 heavy (non-hydrogen) atoms. The van der Waals surface area contributed by atoms with Gasteiger partial charge in [-0.1, -0.05) is 50.2 Å². The molecule has 1 atom stereocenters. The third kappa shape index (κ3) is 4.80. The molecule has 0 saturated carbocycles. The van der Waals surface area contributed by atoms with Crippen LogP contribution in [0.1, 0.15) is 59.1 Å². The number of esters is 1. The summed E-state index contributed by atoms with van der Waals surface area (Å²) in [7, 11) is 0. The van der Waals surface area contributed by atoms with E-state index in [1.807, 2.05) is 45.0 Å². The van der Waals surface area contributed by atoms with Crippen LogP contribution in [-0.2, 0) is 9.53 Å². The molecular weight excluding hydrogens is 400 g/mol. The maximum Gasteiger partial charge on any atom is 0.338 e. The molecule has 0 fully saturated rings. The van der Waals surface area contributed by atoms with E-state index in [1.54, 1.807) is 16.4 Å². The van der Waals surface area contributed by atoms with Crippen LogP contribution in [0.25, 0.3) is 0 Å². The topological polar surface area (TPSA) is 78.3 Å². The zero-order chi connectivity index (χ0) is 21.7. The molecule has 162 valence electrons. The second-order valence-electron chi connectivity index (χ2n) is 7.36. The summed E-state index contributed by atoms with van der Waals surface area (Å²) in [5.41, 5.74) is 2.09. The van der Waals surface area contributed by atoms with Crippen LogP contribution in [0.4, 0.5) is 5.95 Å². The molecule has 3 rings (SSSR count). The molecule has 0 amide bonds. The third-order valence-electron chi connectivity index (χ3n) is 4.64. The van der Waals surface area contributed by atoms with Gasteiger partial charge in [0.25, 0.3) is 0 Å². The number of nitrogens with one attached hydrogen (secondary N) is 1.